The lowest BCUT2D eigenvalue weighted by molar-refractivity contribution is -0.119. The largest absolute Gasteiger partial charge is 0.374 e. The van der Waals surface area contributed by atoms with E-state index < -0.39 is 5.91 Å². The number of carbonyl (C=O) groups excluding carboxylic acids is 1. The lowest BCUT2D eigenvalue weighted by atomic mass is 10.1. The number of anilines is 1. The van der Waals surface area contributed by atoms with Crippen LogP contribution in [0.15, 0.2) is 58.7 Å². The van der Waals surface area contributed by atoms with Crippen LogP contribution in [-0.2, 0) is 4.79 Å². The molecule has 3 N–H and O–H groups in total. The second kappa shape index (κ2) is 7.18. The van der Waals surface area contributed by atoms with E-state index in [1.807, 2.05) is 30.3 Å². The zero-order valence-corrected chi connectivity index (χ0v) is 14.9. The minimum atomic E-state index is -0.515. The van der Waals surface area contributed by atoms with E-state index in [-0.39, 0.29) is 10.8 Å². The van der Waals surface area contributed by atoms with Gasteiger partial charge in [0.25, 0.3) is 0 Å². The summed E-state index contributed by atoms with van der Waals surface area (Å²) in [5.41, 5.74) is 10.1. The molecule has 0 atom stereocenters. The smallest absolute Gasteiger partial charge is 0.303 e. The zero-order valence-electron chi connectivity index (χ0n) is 12.6. The summed E-state index contributed by atoms with van der Waals surface area (Å²) in [5, 5.41) is 9.91. The van der Waals surface area contributed by atoms with E-state index in [1.165, 1.54) is 0 Å². The summed E-state index contributed by atoms with van der Waals surface area (Å²) in [6.45, 7) is 0. The molecule has 0 saturated carbocycles. The second-order valence-corrected chi connectivity index (χ2v) is 6.20. The molecule has 2 aromatic carbocycles. The number of thiocarbonyl (C=S) groups is 1. The summed E-state index contributed by atoms with van der Waals surface area (Å²) in [4.78, 5) is 12.5. The van der Waals surface area contributed by atoms with Crippen molar-refractivity contribution in [2.75, 3.05) is 5.43 Å². The maximum Gasteiger partial charge on any atom is 0.303 e. The number of benzene rings is 2. The van der Waals surface area contributed by atoms with Crippen molar-refractivity contribution in [3.05, 3.63) is 64.1 Å². The molecule has 25 heavy (non-hydrogen) atoms. The molecule has 6 nitrogen and oxygen atoms in total. The number of amides is 1. The van der Waals surface area contributed by atoms with Gasteiger partial charge in [0.15, 0.2) is 10.8 Å². The van der Waals surface area contributed by atoms with E-state index in [4.69, 9.17) is 41.2 Å². The normalized spacial score (nSPS) is 15.4. The number of halogens is 2. The molecule has 1 amide bonds. The number of carbonyl (C=O) groups is 1. The Kier molecular flexibility index (Phi) is 4.98. The standard InChI is InChI=1S/C16H11Cl2N5OS/c17-11-7-6-10(8-12(11)18)20-21-14-13(9-4-2-1-3-5-9)22-23(15(14)24)16(19)25/h1-8,20H,(H2,19,25)/b21-14+. The fourth-order valence-corrected chi connectivity index (χ4v) is 2.54. The van der Waals surface area contributed by atoms with Crippen LogP contribution < -0.4 is 11.2 Å². The summed E-state index contributed by atoms with van der Waals surface area (Å²) >= 11 is 16.7. The minimum absolute atomic E-state index is 0.0880. The van der Waals surface area contributed by atoms with Gasteiger partial charge >= 0.3 is 5.91 Å². The molecule has 0 saturated heterocycles. The third-order valence-corrected chi connectivity index (χ3v) is 4.20. The van der Waals surface area contributed by atoms with Crippen LogP contribution >= 0.6 is 35.4 Å². The molecular weight excluding hydrogens is 381 g/mol. The van der Waals surface area contributed by atoms with Crippen LogP contribution in [0.25, 0.3) is 0 Å². The molecule has 2 aromatic rings. The first-order valence-corrected chi connectivity index (χ1v) is 8.21. The molecule has 1 aliphatic heterocycles. The minimum Gasteiger partial charge on any atom is -0.374 e. The fraction of sp³-hybridized carbons (Fsp3) is 0. The van der Waals surface area contributed by atoms with Crippen LogP contribution in [0.1, 0.15) is 5.56 Å². The molecule has 3 rings (SSSR count). The van der Waals surface area contributed by atoms with Crippen molar-refractivity contribution in [3.8, 4) is 0 Å². The highest BCUT2D eigenvalue weighted by molar-refractivity contribution is 7.80. The summed E-state index contributed by atoms with van der Waals surface area (Å²) < 4.78 is 0. The molecule has 126 valence electrons. The van der Waals surface area contributed by atoms with Crippen LogP contribution in [0.3, 0.4) is 0 Å². The van der Waals surface area contributed by atoms with Gasteiger partial charge in [0.05, 0.1) is 15.7 Å². The fourth-order valence-electron chi connectivity index (χ4n) is 2.12. The number of nitrogens with two attached hydrogens (primary N) is 1. The van der Waals surface area contributed by atoms with Crippen molar-refractivity contribution in [2.24, 2.45) is 15.9 Å². The van der Waals surface area contributed by atoms with E-state index in [2.05, 4.69) is 15.6 Å². The molecule has 0 bridgehead atoms. The Morgan fingerprint density at radius 3 is 2.52 bits per heavy atom. The van der Waals surface area contributed by atoms with Crippen LogP contribution in [0.4, 0.5) is 5.69 Å². The van der Waals surface area contributed by atoms with Crippen LogP contribution in [0.2, 0.25) is 10.0 Å². The van der Waals surface area contributed by atoms with Crippen molar-refractivity contribution in [1.82, 2.24) is 5.01 Å². The third-order valence-electron chi connectivity index (χ3n) is 3.29. The van der Waals surface area contributed by atoms with Gasteiger partial charge in [0.1, 0.15) is 5.71 Å². The summed E-state index contributed by atoms with van der Waals surface area (Å²) in [7, 11) is 0. The first kappa shape index (κ1) is 17.3. The molecular formula is C16H11Cl2N5OS. The van der Waals surface area contributed by atoms with Crippen LogP contribution in [0, 0.1) is 0 Å². The Morgan fingerprint density at radius 1 is 1.16 bits per heavy atom. The summed E-state index contributed by atoms with van der Waals surface area (Å²) in [5.74, 6) is -0.515. The highest BCUT2D eigenvalue weighted by Gasteiger charge is 2.34. The Labute approximate surface area is 158 Å². The average molecular weight is 392 g/mol. The lowest BCUT2D eigenvalue weighted by Crippen LogP contribution is -2.36. The van der Waals surface area contributed by atoms with Crippen molar-refractivity contribution in [3.63, 3.8) is 0 Å². The van der Waals surface area contributed by atoms with Crippen LogP contribution in [0.5, 0.6) is 0 Å². The molecule has 0 unspecified atom stereocenters. The van der Waals surface area contributed by atoms with Gasteiger partial charge in [-0.05, 0) is 30.4 Å². The van der Waals surface area contributed by atoms with E-state index >= 15 is 0 Å². The van der Waals surface area contributed by atoms with Crippen molar-refractivity contribution in [1.29, 1.82) is 0 Å². The number of hydrazone groups is 2. The Balaban J connectivity index is 1.96. The van der Waals surface area contributed by atoms with Crippen molar-refractivity contribution < 1.29 is 4.79 Å². The van der Waals surface area contributed by atoms with Gasteiger partial charge in [-0.3, -0.25) is 10.2 Å². The molecule has 9 heteroatoms. The quantitative estimate of drug-likeness (QED) is 0.621. The van der Waals surface area contributed by atoms with Gasteiger partial charge in [-0.2, -0.15) is 15.2 Å². The number of nitrogens with zero attached hydrogens (tertiary/aromatic N) is 3. The number of hydrogen-bond acceptors (Lipinski definition) is 5. The third kappa shape index (κ3) is 3.63. The van der Waals surface area contributed by atoms with E-state index in [0.717, 1.165) is 5.01 Å². The van der Waals surface area contributed by atoms with Crippen molar-refractivity contribution in [2.45, 2.75) is 0 Å². The predicted octanol–water partition coefficient (Wildman–Crippen LogP) is 3.25. The van der Waals surface area contributed by atoms with Crippen molar-refractivity contribution >= 4 is 63.6 Å². The van der Waals surface area contributed by atoms with E-state index in [0.29, 0.717) is 27.0 Å². The summed E-state index contributed by atoms with van der Waals surface area (Å²) in [6.07, 6.45) is 0. The second-order valence-electron chi connectivity index (χ2n) is 4.97. The Bertz CT molecular complexity index is 914. The summed E-state index contributed by atoms with van der Waals surface area (Å²) in [6, 6.07) is 14.0. The van der Waals surface area contributed by atoms with Gasteiger partial charge < -0.3 is 5.73 Å². The number of nitrogens with one attached hydrogen (secondary N) is 1. The molecule has 0 aliphatic carbocycles. The number of hydrogen-bond donors (Lipinski definition) is 2. The maximum absolute atomic E-state index is 12.5. The highest BCUT2D eigenvalue weighted by atomic mass is 35.5. The Hall–Kier alpha value is -2.48. The van der Waals surface area contributed by atoms with E-state index in [1.54, 1.807) is 18.2 Å². The monoisotopic (exact) mass is 391 g/mol. The molecule has 1 aliphatic rings. The van der Waals surface area contributed by atoms with Gasteiger partial charge in [-0.15, -0.1) is 0 Å². The topological polar surface area (TPSA) is 83.1 Å². The predicted molar refractivity (Wildman–Crippen MR) is 104 cm³/mol. The van der Waals surface area contributed by atoms with Crippen LogP contribution in [-0.4, -0.2) is 27.5 Å². The first-order chi connectivity index (χ1) is 12.0. The average Bonchev–Trinajstić information content (AvgIpc) is 2.93. The van der Waals surface area contributed by atoms with Gasteiger partial charge in [0, 0.05) is 5.56 Å². The zero-order chi connectivity index (χ0) is 18.0. The maximum atomic E-state index is 12.5. The molecule has 0 radical (unpaired) electrons. The highest BCUT2D eigenvalue weighted by Crippen LogP contribution is 2.25. The Morgan fingerprint density at radius 2 is 1.88 bits per heavy atom. The van der Waals surface area contributed by atoms with Gasteiger partial charge in [0.2, 0.25) is 0 Å². The molecule has 0 spiro atoms. The molecule has 0 aromatic heterocycles. The molecule has 1 heterocycles. The number of rotatable bonds is 3. The SMILES string of the molecule is NC(=S)N1N=C(c2ccccc2)/C(=N\Nc2ccc(Cl)c(Cl)c2)C1=O. The van der Waals surface area contributed by atoms with E-state index in [9.17, 15) is 4.79 Å². The first-order valence-electron chi connectivity index (χ1n) is 7.04. The lowest BCUT2D eigenvalue weighted by Gasteiger charge is -2.07. The van der Waals surface area contributed by atoms with Gasteiger partial charge in [-0.25, -0.2) is 0 Å². The van der Waals surface area contributed by atoms with Gasteiger partial charge in [-0.1, -0.05) is 53.5 Å². The molecule has 0 fully saturated rings.